The van der Waals surface area contributed by atoms with E-state index in [2.05, 4.69) is 0 Å². The van der Waals surface area contributed by atoms with Gasteiger partial charge in [-0.2, -0.15) is 0 Å². The van der Waals surface area contributed by atoms with E-state index in [0.29, 0.717) is 22.6 Å². The summed E-state index contributed by atoms with van der Waals surface area (Å²) in [5, 5.41) is -0.321. The van der Waals surface area contributed by atoms with Gasteiger partial charge < -0.3 is 9.15 Å². The highest BCUT2D eigenvalue weighted by molar-refractivity contribution is 8.18. The molecule has 2 aromatic carbocycles. The first-order valence-electron chi connectivity index (χ1n) is 9.13. The Hall–Kier alpha value is -3.58. The molecular weight excluding hydrogens is 402 g/mol. The van der Waals surface area contributed by atoms with E-state index < -0.39 is 5.97 Å². The van der Waals surface area contributed by atoms with Crippen molar-refractivity contribution in [3.8, 4) is 11.3 Å². The third-order valence-electron chi connectivity index (χ3n) is 4.56. The summed E-state index contributed by atoms with van der Waals surface area (Å²) in [5.41, 5.74) is 1.84. The van der Waals surface area contributed by atoms with Crippen molar-refractivity contribution in [3.05, 3.63) is 88.5 Å². The molecule has 1 aliphatic heterocycles. The van der Waals surface area contributed by atoms with Gasteiger partial charge >= 0.3 is 5.97 Å². The number of imide groups is 1. The van der Waals surface area contributed by atoms with E-state index in [-0.39, 0.29) is 22.6 Å². The Morgan fingerprint density at radius 2 is 1.77 bits per heavy atom. The van der Waals surface area contributed by atoms with Gasteiger partial charge in [0, 0.05) is 11.6 Å². The third-order valence-corrected chi connectivity index (χ3v) is 5.46. The maximum absolute atomic E-state index is 12.7. The summed E-state index contributed by atoms with van der Waals surface area (Å²) in [5.74, 6) is 0.0491. The second-order valence-corrected chi connectivity index (χ2v) is 7.49. The van der Waals surface area contributed by atoms with Crippen LogP contribution < -0.4 is 0 Å². The van der Waals surface area contributed by atoms with E-state index in [0.717, 1.165) is 17.3 Å². The van der Waals surface area contributed by atoms with Crippen molar-refractivity contribution in [1.82, 2.24) is 4.90 Å². The van der Waals surface area contributed by atoms with Gasteiger partial charge in [-0.15, -0.1) is 0 Å². The first kappa shape index (κ1) is 19.7. The van der Waals surface area contributed by atoms with E-state index in [9.17, 15) is 14.4 Å². The Labute approximate surface area is 177 Å². The van der Waals surface area contributed by atoms with Gasteiger partial charge in [-0.1, -0.05) is 48.5 Å². The molecule has 0 saturated carbocycles. The zero-order valence-corrected chi connectivity index (χ0v) is 16.8. The first-order valence-corrected chi connectivity index (χ1v) is 9.95. The SMILES string of the molecule is COC(=O)c1ccccc1-c1ccc(/C=C2\SC(=O)N(Cc3ccccc3)C2=O)o1. The molecule has 0 unspecified atom stereocenters. The third kappa shape index (κ3) is 3.92. The number of rotatable bonds is 5. The molecule has 6 nitrogen and oxygen atoms in total. The highest BCUT2D eigenvalue weighted by Gasteiger charge is 2.35. The number of nitrogens with zero attached hydrogens (tertiary/aromatic N) is 1. The number of esters is 1. The van der Waals surface area contributed by atoms with Crippen LogP contribution in [0.4, 0.5) is 4.79 Å². The zero-order valence-electron chi connectivity index (χ0n) is 16.0. The Bertz CT molecular complexity index is 1150. The summed E-state index contributed by atoms with van der Waals surface area (Å²) >= 11 is 0.877. The molecule has 1 aromatic heterocycles. The number of hydrogen-bond acceptors (Lipinski definition) is 6. The van der Waals surface area contributed by atoms with Crippen molar-refractivity contribution in [2.45, 2.75) is 6.54 Å². The van der Waals surface area contributed by atoms with Crippen molar-refractivity contribution in [3.63, 3.8) is 0 Å². The Kier molecular flexibility index (Phi) is 5.54. The van der Waals surface area contributed by atoms with Gasteiger partial charge in [-0.05, 0) is 35.5 Å². The van der Waals surface area contributed by atoms with E-state index in [1.54, 1.807) is 42.5 Å². The van der Waals surface area contributed by atoms with Gasteiger partial charge in [-0.25, -0.2) is 4.79 Å². The molecule has 0 spiro atoms. The minimum absolute atomic E-state index is 0.221. The topological polar surface area (TPSA) is 76.8 Å². The molecule has 0 N–H and O–H groups in total. The Balaban J connectivity index is 1.57. The monoisotopic (exact) mass is 419 g/mol. The van der Waals surface area contributed by atoms with Crippen LogP contribution in [0.25, 0.3) is 17.4 Å². The highest BCUT2D eigenvalue weighted by atomic mass is 32.2. The highest BCUT2D eigenvalue weighted by Crippen LogP contribution is 2.34. The summed E-state index contributed by atoms with van der Waals surface area (Å²) in [6.45, 7) is 0.221. The van der Waals surface area contributed by atoms with Crippen LogP contribution in [0.15, 0.2) is 76.1 Å². The number of benzene rings is 2. The summed E-state index contributed by atoms with van der Waals surface area (Å²) in [7, 11) is 1.32. The lowest BCUT2D eigenvalue weighted by molar-refractivity contribution is -0.123. The lowest BCUT2D eigenvalue weighted by Crippen LogP contribution is -2.27. The van der Waals surface area contributed by atoms with Gasteiger partial charge in [0.05, 0.1) is 24.1 Å². The normalized spacial score (nSPS) is 15.1. The molecule has 0 radical (unpaired) electrons. The molecule has 0 aliphatic carbocycles. The minimum atomic E-state index is -0.467. The van der Waals surface area contributed by atoms with E-state index >= 15 is 0 Å². The zero-order chi connectivity index (χ0) is 21.1. The molecule has 1 fully saturated rings. The number of hydrogen-bond donors (Lipinski definition) is 0. The van der Waals surface area contributed by atoms with Crippen LogP contribution in [0.1, 0.15) is 21.7 Å². The van der Waals surface area contributed by atoms with Crippen LogP contribution in [0, 0.1) is 0 Å². The van der Waals surface area contributed by atoms with Crippen molar-refractivity contribution < 1.29 is 23.5 Å². The van der Waals surface area contributed by atoms with Gasteiger partial charge in [0.1, 0.15) is 11.5 Å². The molecule has 2 amide bonds. The molecule has 0 bridgehead atoms. The van der Waals surface area contributed by atoms with Crippen molar-refractivity contribution in [2.75, 3.05) is 7.11 Å². The fraction of sp³-hybridized carbons (Fsp3) is 0.0870. The maximum Gasteiger partial charge on any atom is 0.338 e. The van der Waals surface area contributed by atoms with Gasteiger partial charge in [-0.3, -0.25) is 14.5 Å². The van der Waals surface area contributed by atoms with Crippen molar-refractivity contribution >= 4 is 35.0 Å². The smallest absolute Gasteiger partial charge is 0.338 e. The number of carbonyl (C=O) groups excluding carboxylic acids is 3. The molecule has 2 heterocycles. The molecule has 1 aliphatic rings. The average Bonchev–Trinajstić information content (AvgIpc) is 3.34. The first-order chi connectivity index (χ1) is 14.6. The minimum Gasteiger partial charge on any atom is -0.465 e. The largest absolute Gasteiger partial charge is 0.465 e. The number of furan rings is 1. The van der Waals surface area contributed by atoms with Gasteiger partial charge in [0.25, 0.3) is 11.1 Å². The van der Waals surface area contributed by atoms with Crippen LogP contribution in [0.5, 0.6) is 0 Å². The molecule has 0 atom stereocenters. The summed E-state index contributed by atoms with van der Waals surface area (Å²) in [6.07, 6.45) is 1.54. The van der Waals surface area contributed by atoms with Crippen LogP contribution in [-0.4, -0.2) is 29.1 Å². The number of ether oxygens (including phenoxy) is 1. The summed E-state index contributed by atoms with van der Waals surface area (Å²) in [4.78, 5) is 38.5. The molecule has 30 heavy (non-hydrogen) atoms. The standard InChI is InChI=1S/C23H17NO5S/c1-28-22(26)18-10-6-5-9-17(18)19-12-11-16(29-19)13-20-21(25)24(23(27)30-20)14-15-7-3-2-4-8-15/h2-13H,14H2,1H3/b20-13-. The van der Waals surface area contributed by atoms with E-state index in [1.807, 2.05) is 30.3 Å². The maximum atomic E-state index is 12.7. The average molecular weight is 419 g/mol. The van der Waals surface area contributed by atoms with Crippen molar-refractivity contribution in [1.29, 1.82) is 0 Å². The summed E-state index contributed by atoms with van der Waals surface area (Å²) in [6, 6.07) is 19.7. The van der Waals surface area contributed by atoms with E-state index in [1.165, 1.54) is 12.0 Å². The van der Waals surface area contributed by atoms with Gasteiger partial charge in [0.2, 0.25) is 0 Å². The molecule has 7 heteroatoms. The number of amides is 2. The lowest BCUT2D eigenvalue weighted by atomic mass is 10.1. The van der Waals surface area contributed by atoms with Crippen LogP contribution in [0.2, 0.25) is 0 Å². The molecule has 3 aromatic rings. The molecule has 1 saturated heterocycles. The molecule has 4 rings (SSSR count). The predicted octanol–water partition coefficient (Wildman–Crippen LogP) is 4.97. The lowest BCUT2D eigenvalue weighted by Gasteiger charge is -2.11. The quantitative estimate of drug-likeness (QED) is 0.429. The summed E-state index contributed by atoms with van der Waals surface area (Å²) < 4.78 is 10.6. The number of carbonyl (C=O) groups is 3. The van der Waals surface area contributed by atoms with E-state index in [4.69, 9.17) is 9.15 Å². The van der Waals surface area contributed by atoms with Gasteiger partial charge in [0.15, 0.2) is 0 Å². The van der Waals surface area contributed by atoms with Crippen molar-refractivity contribution in [2.24, 2.45) is 0 Å². The number of methoxy groups -OCH3 is 1. The molecule has 150 valence electrons. The van der Waals surface area contributed by atoms with Crippen LogP contribution in [0.3, 0.4) is 0 Å². The Morgan fingerprint density at radius 3 is 2.53 bits per heavy atom. The van der Waals surface area contributed by atoms with Crippen LogP contribution >= 0.6 is 11.8 Å². The predicted molar refractivity (Wildman–Crippen MR) is 113 cm³/mol. The van der Waals surface area contributed by atoms with Crippen LogP contribution in [-0.2, 0) is 16.1 Å². The number of thioether (sulfide) groups is 1. The fourth-order valence-corrected chi connectivity index (χ4v) is 3.91. The second kappa shape index (κ2) is 8.42. The second-order valence-electron chi connectivity index (χ2n) is 6.49. The molecular formula is C23H17NO5S. The Morgan fingerprint density at radius 1 is 1.03 bits per heavy atom. The fourth-order valence-electron chi connectivity index (χ4n) is 3.09.